The van der Waals surface area contributed by atoms with Gasteiger partial charge in [-0.3, -0.25) is 0 Å². The molecule has 20 heavy (non-hydrogen) atoms. The minimum Gasteiger partial charge on any atom is -0.872 e. The van der Waals surface area contributed by atoms with Crippen LogP contribution in [0.5, 0.6) is 5.75 Å². The third kappa shape index (κ3) is 2.95. The molecule has 2 aromatic carbocycles. The number of carboxylic acids is 1. The van der Waals surface area contributed by atoms with Gasteiger partial charge < -0.3 is 14.9 Å². The molecule has 0 spiro atoms. The van der Waals surface area contributed by atoms with Crippen LogP contribution in [0.4, 0.5) is 0 Å². The highest BCUT2D eigenvalue weighted by molar-refractivity contribution is 5.93. The maximum atomic E-state index is 10.8. The summed E-state index contributed by atoms with van der Waals surface area (Å²) < 4.78 is 4.78. The van der Waals surface area contributed by atoms with Gasteiger partial charge in [0.2, 0.25) is 0 Å². The van der Waals surface area contributed by atoms with E-state index in [1.54, 1.807) is 6.07 Å². The van der Waals surface area contributed by atoms with Gasteiger partial charge in [-0.05, 0) is 12.1 Å². The first-order chi connectivity index (χ1) is 9.59. The molecular weight excluding hydrogens is 260 g/mol. The SMILES string of the molecule is O=C(O)c1ccccc1[O-].O=C1OCc2ccccc21. The van der Waals surface area contributed by atoms with Gasteiger partial charge in [-0.15, -0.1) is 0 Å². The zero-order chi connectivity index (χ0) is 14.5. The molecular formula is C15H11O5-. The number of ether oxygens (including phenoxy) is 1. The Balaban J connectivity index is 0.000000147. The predicted molar refractivity (Wildman–Crippen MR) is 68.4 cm³/mol. The van der Waals surface area contributed by atoms with Crippen molar-refractivity contribution in [2.75, 3.05) is 0 Å². The predicted octanol–water partition coefficient (Wildman–Crippen LogP) is 1.82. The number of esters is 1. The van der Waals surface area contributed by atoms with E-state index in [9.17, 15) is 14.7 Å². The van der Waals surface area contributed by atoms with Crippen LogP contribution in [0.3, 0.4) is 0 Å². The van der Waals surface area contributed by atoms with Gasteiger partial charge in [0.25, 0.3) is 0 Å². The maximum Gasteiger partial charge on any atom is 0.338 e. The molecule has 1 aliphatic rings. The van der Waals surface area contributed by atoms with E-state index in [0.717, 1.165) is 5.56 Å². The number of carboxylic acid groups (broad SMARTS) is 1. The van der Waals surface area contributed by atoms with Crippen molar-refractivity contribution in [3.05, 3.63) is 65.2 Å². The van der Waals surface area contributed by atoms with Crippen LogP contribution < -0.4 is 5.11 Å². The number of cyclic esters (lactones) is 1. The molecule has 0 atom stereocenters. The number of benzene rings is 2. The Morgan fingerprint density at radius 1 is 1.10 bits per heavy atom. The van der Waals surface area contributed by atoms with E-state index in [0.29, 0.717) is 12.2 Å². The molecule has 0 bridgehead atoms. The highest BCUT2D eigenvalue weighted by Gasteiger charge is 2.18. The fourth-order valence-corrected chi connectivity index (χ4v) is 1.71. The third-order valence-corrected chi connectivity index (χ3v) is 2.71. The molecule has 0 unspecified atom stereocenters. The van der Waals surface area contributed by atoms with Crippen LogP contribution in [0.15, 0.2) is 48.5 Å². The molecule has 5 nitrogen and oxygen atoms in total. The second-order valence-corrected chi connectivity index (χ2v) is 4.03. The molecule has 5 heteroatoms. The van der Waals surface area contributed by atoms with Crippen LogP contribution in [0.2, 0.25) is 0 Å². The van der Waals surface area contributed by atoms with Crippen molar-refractivity contribution < 1.29 is 24.5 Å². The van der Waals surface area contributed by atoms with Crippen LogP contribution >= 0.6 is 0 Å². The molecule has 0 aromatic heterocycles. The van der Waals surface area contributed by atoms with Crippen LogP contribution in [-0.2, 0) is 11.3 Å². The van der Waals surface area contributed by atoms with Crippen molar-refractivity contribution >= 4 is 11.9 Å². The number of aromatic carboxylic acids is 1. The molecule has 1 aliphatic heterocycles. The van der Waals surface area contributed by atoms with Gasteiger partial charge in [0.15, 0.2) is 0 Å². The molecule has 1 N–H and O–H groups in total. The van der Waals surface area contributed by atoms with E-state index in [2.05, 4.69) is 0 Å². The summed E-state index contributed by atoms with van der Waals surface area (Å²) in [6.45, 7) is 0.439. The molecule has 3 rings (SSSR count). The van der Waals surface area contributed by atoms with Crippen LogP contribution in [0, 0.1) is 0 Å². The molecule has 0 radical (unpaired) electrons. The fourth-order valence-electron chi connectivity index (χ4n) is 1.71. The van der Waals surface area contributed by atoms with Crippen molar-refractivity contribution in [3.63, 3.8) is 0 Å². The normalized spacial score (nSPS) is 11.9. The summed E-state index contributed by atoms with van der Waals surface area (Å²) in [4.78, 5) is 21.1. The van der Waals surface area contributed by atoms with Crippen molar-refractivity contribution in [2.24, 2.45) is 0 Å². The van der Waals surface area contributed by atoms with Gasteiger partial charge in [-0.25, -0.2) is 9.59 Å². The lowest BCUT2D eigenvalue weighted by molar-refractivity contribution is -0.268. The first kappa shape index (κ1) is 13.6. The summed E-state index contributed by atoms with van der Waals surface area (Å²) in [6.07, 6.45) is 0. The van der Waals surface area contributed by atoms with Gasteiger partial charge >= 0.3 is 11.9 Å². The van der Waals surface area contributed by atoms with E-state index in [1.807, 2.05) is 18.2 Å². The summed E-state index contributed by atoms with van der Waals surface area (Å²) in [6, 6.07) is 13.0. The Morgan fingerprint density at radius 2 is 1.75 bits per heavy atom. The largest absolute Gasteiger partial charge is 0.872 e. The van der Waals surface area contributed by atoms with E-state index >= 15 is 0 Å². The zero-order valence-electron chi connectivity index (χ0n) is 10.4. The Bertz CT molecular complexity index is 642. The number of fused-ring (bicyclic) bond motifs is 1. The van der Waals surface area contributed by atoms with Crippen LogP contribution in [0.1, 0.15) is 26.3 Å². The van der Waals surface area contributed by atoms with Crippen molar-refractivity contribution in [2.45, 2.75) is 6.61 Å². The topological polar surface area (TPSA) is 86.7 Å². The number of rotatable bonds is 1. The van der Waals surface area contributed by atoms with Gasteiger partial charge in [-0.1, -0.05) is 42.1 Å². The first-order valence-corrected chi connectivity index (χ1v) is 5.84. The molecule has 0 saturated carbocycles. The van der Waals surface area contributed by atoms with Gasteiger partial charge in [0.05, 0.1) is 11.1 Å². The number of carbonyl (C=O) groups excluding carboxylic acids is 1. The number of hydrogen-bond donors (Lipinski definition) is 1. The molecule has 102 valence electrons. The zero-order valence-corrected chi connectivity index (χ0v) is 10.4. The summed E-state index contributed by atoms with van der Waals surface area (Å²) >= 11 is 0. The summed E-state index contributed by atoms with van der Waals surface area (Å²) in [5.74, 6) is -1.82. The highest BCUT2D eigenvalue weighted by Crippen LogP contribution is 2.18. The van der Waals surface area contributed by atoms with Gasteiger partial charge in [0.1, 0.15) is 6.61 Å². The monoisotopic (exact) mass is 271 g/mol. The van der Waals surface area contributed by atoms with Gasteiger partial charge in [-0.2, -0.15) is 0 Å². The van der Waals surface area contributed by atoms with E-state index in [-0.39, 0.29) is 11.5 Å². The fraction of sp³-hybridized carbons (Fsp3) is 0.0667. The minimum absolute atomic E-state index is 0.178. The second kappa shape index (κ2) is 5.88. The highest BCUT2D eigenvalue weighted by atomic mass is 16.5. The Hall–Kier alpha value is -2.82. The second-order valence-electron chi connectivity index (χ2n) is 4.03. The van der Waals surface area contributed by atoms with Crippen molar-refractivity contribution in [1.29, 1.82) is 0 Å². The average molecular weight is 271 g/mol. The standard InChI is InChI=1S/C8H6O2.C7H6O3/c9-8-7-4-2-1-3-6(7)5-10-8;8-6-4-2-1-3-5(6)7(9)10/h1-4H,5H2;1-4,8H,(H,9,10)/p-1. The Kier molecular flexibility index (Phi) is 4.00. The first-order valence-electron chi connectivity index (χ1n) is 5.84. The van der Waals surface area contributed by atoms with Crippen molar-refractivity contribution in [3.8, 4) is 5.75 Å². The Morgan fingerprint density at radius 3 is 2.35 bits per heavy atom. The number of carbonyl (C=O) groups is 2. The quantitative estimate of drug-likeness (QED) is 0.799. The number of hydrogen-bond acceptors (Lipinski definition) is 4. The summed E-state index contributed by atoms with van der Waals surface area (Å²) in [5, 5.41) is 19.0. The van der Waals surface area contributed by atoms with Crippen LogP contribution in [-0.4, -0.2) is 17.0 Å². The maximum absolute atomic E-state index is 10.8. The van der Waals surface area contributed by atoms with E-state index < -0.39 is 11.7 Å². The lowest BCUT2D eigenvalue weighted by Gasteiger charge is -2.07. The minimum atomic E-state index is -1.18. The third-order valence-electron chi connectivity index (χ3n) is 2.71. The van der Waals surface area contributed by atoms with E-state index in [1.165, 1.54) is 24.3 Å². The summed E-state index contributed by atoms with van der Waals surface area (Å²) in [7, 11) is 0. The van der Waals surface area contributed by atoms with Gasteiger partial charge in [0, 0.05) is 5.56 Å². The molecule has 0 fully saturated rings. The molecule has 0 aliphatic carbocycles. The number of para-hydroxylation sites is 1. The molecule has 0 amide bonds. The average Bonchev–Trinajstić information content (AvgIpc) is 2.82. The molecule has 0 saturated heterocycles. The van der Waals surface area contributed by atoms with E-state index in [4.69, 9.17) is 9.84 Å². The lowest BCUT2D eigenvalue weighted by Crippen LogP contribution is -2.02. The molecule has 1 heterocycles. The lowest BCUT2D eigenvalue weighted by atomic mass is 10.1. The van der Waals surface area contributed by atoms with Crippen molar-refractivity contribution in [1.82, 2.24) is 0 Å². The Labute approximate surface area is 115 Å². The smallest absolute Gasteiger partial charge is 0.338 e. The summed E-state index contributed by atoms with van der Waals surface area (Å²) in [5.41, 5.74) is 1.53. The van der Waals surface area contributed by atoms with Crippen LogP contribution in [0.25, 0.3) is 0 Å². The molecule has 2 aromatic rings.